The van der Waals surface area contributed by atoms with Crippen molar-refractivity contribution in [1.82, 2.24) is 10.2 Å². The minimum atomic E-state index is 0.318. The average Bonchev–Trinajstić information content (AvgIpc) is 2.73. The summed E-state index contributed by atoms with van der Waals surface area (Å²) in [5.74, 6) is 0. The fraction of sp³-hybridized carbons (Fsp3) is 0.571. The summed E-state index contributed by atoms with van der Waals surface area (Å²) in [6.07, 6.45) is 0.318. The van der Waals surface area contributed by atoms with Crippen LogP contribution in [0.5, 0.6) is 0 Å². The van der Waals surface area contributed by atoms with Crippen LogP contribution in [-0.4, -0.2) is 43.8 Å². The van der Waals surface area contributed by atoms with Crippen molar-refractivity contribution >= 4 is 0 Å². The number of benzene rings is 1. The number of rotatable bonds is 5. The molecule has 1 N–H and O–H groups in total. The van der Waals surface area contributed by atoms with E-state index in [-0.39, 0.29) is 0 Å². The first-order chi connectivity index (χ1) is 8.33. The normalized spacial score (nSPS) is 25.3. The van der Waals surface area contributed by atoms with Gasteiger partial charge >= 0.3 is 0 Å². The molecule has 1 aromatic carbocycles. The van der Waals surface area contributed by atoms with Crippen LogP contribution in [-0.2, 0) is 11.3 Å². The quantitative estimate of drug-likeness (QED) is 0.835. The molecular formula is C14H22N2O. The lowest BCUT2D eigenvalue weighted by Crippen LogP contribution is -2.39. The highest BCUT2D eigenvalue weighted by Crippen LogP contribution is 2.16. The fourth-order valence-electron chi connectivity index (χ4n) is 2.52. The number of likely N-dealkylation sites (tertiary alicyclic amines) is 1. The summed E-state index contributed by atoms with van der Waals surface area (Å²) in [6.45, 7) is 6.25. The maximum atomic E-state index is 5.54. The van der Waals surface area contributed by atoms with Crippen LogP contribution < -0.4 is 5.32 Å². The van der Waals surface area contributed by atoms with Crippen molar-refractivity contribution in [2.45, 2.75) is 25.6 Å². The van der Waals surface area contributed by atoms with Gasteiger partial charge in [-0.15, -0.1) is 0 Å². The first-order valence-electron chi connectivity index (χ1n) is 6.36. The summed E-state index contributed by atoms with van der Waals surface area (Å²) >= 11 is 0. The van der Waals surface area contributed by atoms with E-state index in [1.165, 1.54) is 5.56 Å². The van der Waals surface area contributed by atoms with E-state index >= 15 is 0 Å². The van der Waals surface area contributed by atoms with Gasteiger partial charge < -0.3 is 10.1 Å². The Morgan fingerprint density at radius 3 is 2.71 bits per heavy atom. The first-order valence-corrected chi connectivity index (χ1v) is 6.36. The number of likely N-dealkylation sites (N-methyl/N-ethyl adjacent to an activating group) is 1. The van der Waals surface area contributed by atoms with E-state index < -0.39 is 0 Å². The predicted molar refractivity (Wildman–Crippen MR) is 70.0 cm³/mol. The lowest BCUT2D eigenvalue weighted by molar-refractivity contribution is 0.0898. The summed E-state index contributed by atoms with van der Waals surface area (Å²) in [4.78, 5) is 2.46. The Bertz CT molecular complexity index is 328. The minimum absolute atomic E-state index is 0.318. The van der Waals surface area contributed by atoms with Crippen molar-refractivity contribution < 1.29 is 4.74 Å². The van der Waals surface area contributed by atoms with Gasteiger partial charge in [0.1, 0.15) is 0 Å². The van der Waals surface area contributed by atoms with Gasteiger partial charge in [0.05, 0.1) is 6.10 Å². The third kappa shape index (κ3) is 3.28. The molecule has 0 unspecified atom stereocenters. The molecule has 2 atom stereocenters. The van der Waals surface area contributed by atoms with Crippen molar-refractivity contribution in [2.75, 3.05) is 26.7 Å². The van der Waals surface area contributed by atoms with E-state index in [9.17, 15) is 0 Å². The van der Waals surface area contributed by atoms with Gasteiger partial charge in [0.25, 0.3) is 0 Å². The second-order valence-electron chi connectivity index (χ2n) is 4.62. The van der Waals surface area contributed by atoms with Gasteiger partial charge in [0.2, 0.25) is 0 Å². The zero-order valence-electron chi connectivity index (χ0n) is 10.7. The Hall–Kier alpha value is -0.900. The molecule has 1 aromatic rings. The number of hydrogen-bond acceptors (Lipinski definition) is 3. The fourth-order valence-corrected chi connectivity index (χ4v) is 2.52. The number of methoxy groups -OCH3 is 1. The summed E-state index contributed by atoms with van der Waals surface area (Å²) in [5, 5.41) is 3.49. The van der Waals surface area contributed by atoms with Crippen LogP contribution in [0.1, 0.15) is 12.5 Å². The number of nitrogens with one attached hydrogen (secondary N) is 1. The molecule has 1 saturated heterocycles. The highest BCUT2D eigenvalue weighted by Gasteiger charge is 2.31. The largest absolute Gasteiger partial charge is 0.378 e. The first kappa shape index (κ1) is 12.6. The summed E-state index contributed by atoms with van der Waals surface area (Å²) in [5.41, 5.74) is 1.37. The molecule has 17 heavy (non-hydrogen) atoms. The van der Waals surface area contributed by atoms with Gasteiger partial charge in [-0.3, -0.25) is 4.90 Å². The number of nitrogens with zero attached hydrogens (tertiary/aromatic N) is 1. The minimum Gasteiger partial charge on any atom is -0.378 e. The third-order valence-electron chi connectivity index (χ3n) is 3.36. The van der Waals surface area contributed by atoms with Gasteiger partial charge in [-0.1, -0.05) is 37.3 Å². The van der Waals surface area contributed by atoms with Crippen LogP contribution >= 0.6 is 0 Å². The van der Waals surface area contributed by atoms with Gasteiger partial charge in [0.15, 0.2) is 0 Å². The summed E-state index contributed by atoms with van der Waals surface area (Å²) in [7, 11) is 1.81. The lowest BCUT2D eigenvalue weighted by atomic mass is 10.2. The van der Waals surface area contributed by atoms with E-state index in [1.807, 2.05) is 0 Å². The van der Waals surface area contributed by atoms with Crippen molar-refractivity contribution in [2.24, 2.45) is 0 Å². The Balaban J connectivity index is 1.91. The van der Waals surface area contributed by atoms with Crippen molar-refractivity contribution in [3.05, 3.63) is 35.9 Å². The zero-order valence-corrected chi connectivity index (χ0v) is 10.7. The molecule has 1 aliphatic rings. The SMILES string of the molecule is CCN[C@@H]1CN(Cc2ccccc2)C[C@H]1OC. The molecule has 94 valence electrons. The molecular weight excluding hydrogens is 212 g/mol. The Morgan fingerprint density at radius 2 is 2.06 bits per heavy atom. The Kier molecular flexibility index (Phi) is 4.54. The van der Waals surface area contributed by atoms with Crippen LogP contribution in [0.25, 0.3) is 0 Å². The molecule has 0 aliphatic carbocycles. The standard InChI is InChI=1S/C14H22N2O/c1-3-15-13-10-16(11-14(13)17-2)9-12-7-5-4-6-8-12/h4-8,13-15H,3,9-11H2,1-2H3/t13-,14-/m1/s1. The Morgan fingerprint density at radius 1 is 1.29 bits per heavy atom. The van der Waals surface area contributed by atoms with Crippen molar-refractivity contribution in [3.8, 4) is 0 Å². The molecule has 0 spiro atoms. The smallest absolute Gasteiger partial charge is 0.0863 e. The molecule has 0 amide bonds. The van der Waals surface area contributed by atoms with Gasteiger partial charge in [-0.05, 0) is 12.1 Å². The van der Waals surface area contributed by atoms with Crippen molar-refractivity contribution in [3.63, 3.8) is 0 Å². The van der Waals surface area contributed by atoms with E-state index in [4.69, 9.17) is 4.74 Å². The summed E-state index contributed by atoms with van der Waals surface area (Å²) in [6, 6.07) is 11.1. The topological polar surface area (TPSA) is 24.5 Å². The monoisotopic (exact) mass is 234 g/mol. The molecule has 1 fully saturated rings. The Labute approximate surface area is 104 Å². The molecule has 0 radical (unpaired) electrons. The zero-order chi connectivity index (χ0) is 12.1. The second-order valence-corrected chi connectivity index (χ2v) is 4.62. The van der Waals surface area contributed by atoms with Crippen LogP contribution in [0, 0.1) is 0 Å². The van der Waals surface area contributed by atoms with Gasteiger partial charge in [-0.2, -0.15) is 0 Å². The highest BCUT2D eigenvalue weighted by atomic mass is 16.5. The maximum Gasteiger partial charge on any atom is 0.0863 e. The molecule has 1 heterocycles. The maximum absolute atomic E-state index is 5.54. The van der Waals surface area contributed by atoms with Crippen LogP contribution in [0.3, 0.4) is 0 Å². The summed E-state index contributed by atoms with van der Waals surface area (Å²) < 4.78 is 5.54. The number of hydrogen-bond donors (Lipinski definition) is 1. The van der Waals surface area contributed by atoms with Gasteiger partial charge in [-0.25, -0.2) is 0 Å². The van der Waals surface area contributed by atoms with Crippen LogP contribution in [0.2, 0.25) is 0 Å². The van der Waals surface area contributed by atoms with E-state index in [2.05, 4.69) is 47.5 Å². The molecule has 1 aliphatic heterocycles. The molecule has 3 nitrogen and oxygen atoms in total. The molecule has 3 heteroatoms. The predicted octanol–water partition coefficient (Wildman–Crippen LogP) is 1.50. The average molecular weight is 234 g/mol. The van der Waals surface area contributed by atoms with E-state index in [0.29, 0.717) is 12.1 Å². The van der Waals surface area contributed by atoms with E-state index in [1.54, 1.807) is 7.11 Å². The molecule has 0 saturated carbocycles. The second kappa shape index (κ2) is 6.15. The highest BCUT2D eigenvalue weighted by molar-refractivity contribution is 5.15. The van der Waals surface area contributed by atoms with Crippen LogP contribution in [0.15, 0.2) is 30.3 Å². The van der Waals surface area contributed by atoms with Gasteiger partial charge in [0, 0.05) is 32.8 Å². The third-order valence-corrected chi connectivity index (χ3v) is 3.36. The number of ether oxygens (including phenoxy) is 1. The molecule has 0 aromatic heterocycles. The molecule has 2 rings (SSSR count). The van der Waals surface area contributed by atoms with Crippen molar-refractivity contribution in [1.29, 1.82) is 0 Å². The lowest BCUT2D eigenvalue weighted by Gasteiger charge is -2.17. The molecule has 0 bridgehead atoms. The van der Waals surface area contributed by atoms with Crippen LogP contribution in [0.4, 0.5) is 0 Å². The van der Waals surface area contributed by atoms with E-state index in [0.717, 1.165) is 26.2 Å².